The van der Waals surface area contributed by atoms with Gasteiger partial charge in [0.1, 0.15) is 0 Å². The molecule has 1 aromatic rings. The molecule has 1 aromatic carbocycles. The van der Waals surface area contributed by atoms with Gasteiger partial charge in [0.15, 0.2) is 0 Å². The molecular weight excluding hydrogens is 346 g/mol. The minimum absolute atomic E-state index is 0.0128. The average Bonchev–Trinajstić information content (AvgIpc) is 2.27. The van der Waals surface area contributed by atoms with Gasteiger partial charge in [-0.2, -0.15) is 0 Å². The predicted octanol–water partition coefficient (Wildman–Crippen LogP) is 4.05. The molecule has 0 spiro atoms. The van der Waals surface area contributed by atoms with E-state index in [1.54, 1.807) is 0 Å². The van der Waals surface area contributed by atoms with Crippen molar-refractivity contribution in [3.05, 3.63) is 34.3 Å². The molecule has 2 atom stereocenters. The highest BCUT2D eigenvalue weighted by Gasteiger charge is 2.20. The summed E-state index contributed by atoms with van der Waals surface area (Å²) in [5.74, 6) is 0.317. The van der Waals surface area contributed by atoms with E-state index in [4.69, 9.17) is 0 Å². The highest BCUT2D eigenvalue weighted by atomic mass is 79.9. The standard InChI is InChI=1S/C13H17Br2NO/c1-8(2)12(15)13(17)16-9(3)10-5-4-6-11(14)7-10/h4-9,12H,1-3H3,(H,16,17)/t9-,12?/m1/s1. The zero-order valence-electron chi connectivity index (χ0n) is 10.2. The van der Waals surface area contributed by atoms with Crippen LogP contribution in [0.4, 0.5) is 0 Å². The van der Waals surface area contributed by atoms with Gasteiger partial charge in [-0.05, 0) is 30.5 Å². The molecule has 0 aromatic heterocycles. The largest absolute Gasteiger partial charge is 0.349 e. The lowest BCUT2D eigenvalue weighted by Crippen LogP contribution is -2.35. The van der Waals surface area contributed by atoms with Gasteiger partial charge in [0.05, 0.1) is 10.9 Å². The quantitative estimate of drug-likeness (QED) is 0.804. The number of rotatable bonds is 4. The van der Waals surface area contributed by atoms with Gasteiger partial charge >= 0.3 is 0 Å². The molecule has 0 saturated heterocycles. The first-order chi connectivity index (χ1) is 7.91. The second-order valence-electron chi connectivity index (χ2n) is 4.43. The summed E-state index contributed by atoms with van der Waals surface area (Å²) in [6, 6.07) is 7.98. The fraction of sp³-hybridized carbons (Fsp3) is 0.462. The number of hydrogen-bond donors (Lipinski definition) is 1. The van der Waals surface area contributed by atoms with E-state index in [1.165, 1.54) is 0 Å². The fourth-order valence-electron chi connectivity index (χ4n) is 1.46. The number of benzene rings is 1. The second-order valence-corrected chi connectivity index (χ2v) is 6.33. The highest BCUT2D eigenvalue weighted by molar-refractivity contribution is 9.10. The lowest BCUT2D eigenvalue weighted by atomic mass is 10.1. The monoisotopic (exact) mass is 361 g/mol. The van der Waals surface area contributed by atoms with Crippen LogP contribution in [0.15, 0.2) is 28.7 Å². The SMILES string of the molecule is CC(C)C(Br)C(=O)N[C@H](C)c1cccc(Br)c1. The lowest BCUT2D eigenvalue weighted by molar-refractivity contribution is -0.121. The third-order valence-electron chi connectivity index (χ3n) is 2.54. The first kappa shape index (κ1) is 14.7. The maximum Gasteiger partial charge on any atom is 0.234 e. The van der Waals surface area contributed by atoms with Gasteiger partial charge in [0.2, 0.25) is 5.91 Å². The highest BCUT2D eigenvalue weighted by Crippen LogP contribution is 2.19. The van der Waals surface area contributed by atoms with Crippen molar-refractivity contribution >= 4 is 37.8 Å². The Kier molecular flexibility index (Phi) is 5.67. The first-order valence-electron chi connectivity index (χ1n) is 5.61. The van der Waals surface area contributed by atoms with Crippen LogP contribution < -0.4 is 5.32 Å². The fourth-order valence-corrected chi connectivity index (χ4v) is 2.00. The predicted molar refractivity (Wildman–Crippen MR) is 78.3 cm³/mol. The number of hydrogen-bond acceptors (Lipinski definition) is 1. The normalized spacial score (nSPS) is 14.5. The Morgan fingerprint density at radius 1 is 1.29 bits per heavy atom. The van der Waals surface area contributed by atoms with E-state index in [0.29, 0.717) is 0 Å². The lowest BCUT2D eigenvalue weighted by Gasteiger charge is -2.19. The van der Waals surface area contributed by atoms with Crippen LogP contribution in [0.2, 0.25) is 0 Å². The number of amides is 1. The molecule has 17 heavy (non-hydrogen) atoms. The summed E-state index contributed by atoms with van der Waals surface area (Å²) in [5.41, 5.74) is 1.09. The molecule has 0 aliphatic carbocycles. The van der Waals surface area contributed by atoms with Gasteiger partial charge < -0.3 is 5.32 Å². The van der Waals surface area contributed by atoms with Crippen LogP contribution in [-0.4, -0.2) is 10.7 Å². The van der Waals surface area contributed by atoms with E-state index in [1.807, 2.05) is 45.0 Å². The van der Waals surface area contributed by atoms with Crippen molar-refractivity contribution in [3.8, 4) is 0 Å². The zero-order chi connectivity index (χ0) is 13.0. The van der Waals surface area contributed by atoms with E-state index in [2.05, 4.69) is 37.2 Å². The minimum Gasteiger partial charge on any atom is -0.349 e. The molecule has 2 nitrogen and oxygen atoms in total. The van der Waals surface area contributed by atoms with Crippen molar-refractivity contribution in [2.45, 2.75) is 31.6 Å². The molecule has 0 radical (unpaired) electrons. The van der Waals surface area contributed by atoms with Gasteiger partial charge in [-0.1, -0.05) is 57.8 Å². The van der Waals surface area contributed by atoms with Crippen LogP contribution in [0.25, 0.3) is 0 Å². The van der Waals surface area contributed by atoms with Crippen LogP contribution in [0.5, 0.6) is 0 Å². The summed E-state index contributed by atoms with van der Waals surface area (Å²) < 4.78 is 1.02. The molecule has 94 valence electrons. The molecule has 0 fully saturated rings. The van der Waals surface area contributed by atoms with Crippen molar-refractivity contribution < 1.29 is 4.79 Å². The summed E-state index contributed by atoms with van der Waals surface area (Å²) >= 11 is 6.83. The van der Waals surface area contributed by atoms with Gasteiger partial charge in [-0.3, -0.25) is 4.79 Å². The topological polar surface area (TPSA) is 29.1 Å². The summed E-state index contributed by atoms with van der Waals surface area (Å²) in [6.07, 6.45) is 0. The maximum absolute atomic E-state index is 11.9. The Hall–Kier alpha value is -0.350. The van der Waals surface area contributed by atoms with Crippen molar-refractivity contribution in [2.24, 2.45) is 5.92 Å². The van der Waals surface area contributed by atoms with Crippen molar-refractivity contribution in [1.29, 1.82) is 0 Å². The smallest absolute Gasteiger partial charge is 0.234 e. The molecule has 0 bridgehead atoms. The Labute approximate surface area is 119 Å². The summed E-state index contributed by atoms with van der Waals surface area (Å²) in [4.78, 5) is 11.7. The molecule has 1 unspecified atom stereocenters. The number of nitrogens with one attached hydrogen (secondary N) is 1. The van der Waals surface area contributed by atoms with Crippen molar-refractivity contribution in [2.75, 3.05) is 0 Å². The summed E-state index contributed by atoms with van der Waals surface area (Å²) in [6.45, 7) is 6.02. The van der Waals surface area contributed by atoms with E-state index in [9.17, 15) is 4.79 Å². The first-order valence-corrected chi connectivity index (χ1v) is 7.32. The van der Waals surface area contributed by atoms with Crippen LogP contribution in [0.3, 0.4) is 0 Å². The van der Waals surface area contributed by atoms with E-state index in [-0.39, 0.29) is 22.7 Å². The van der Waals surface area contributed by atoms with Gasteiger partial charge in [-0.25, -0.2) is 0 Å². The van der Waals surface area contributed by atoms with E-state index < -0.39 is 0 Å². The molecule has 1 rings (SSSR count). The molecule has 1 N–H and O–H groups in total. The Morgan fingerprint density at radius 3 is 2.47 bits per heavy atom. The average molecular weight is 363 g/mol. The van der Waals surface area contributed by atoms with Crippen LogP contribution in [0, 0.1) is 5.92 Å². The summed E-state index contributed by atoms with van der Waals surface area (Å²) in [5, 5.41) is 3.00. The number of halogens is 2. The Morgan fingerprint density at radius 2 is 1.94 bits per heavy atom. The van der Waals surface area contributed by atoms with Crippen LogP contribution in [-0.2, 0) is 4.79 Å². The molecule has 0 aliphatic heterocycles. The van der Waals surface area contributed by atoms with Gasteiger partial charge in [0.25, 0.3) is 0 Å². The number of carbonyl (C=O) groups is 1. The van der Waals surface area contributed by atoms with Crippen molar-refractivity contribution in [3.63, 3.8) is 0 Å². The molecule has 0 aliphatic rings. The molecule has 4 heteroatoms. The third-order valence-corrected chi connectivity index (χ3v) is 4.51. The van der Waals surface area contributed by atoms with Gasteiger partial charge in [-0.15, -0.1) is 0 Å². The maximum atomic E-state index is 11.9. The summed E-state index contributed by atoms with van der Waals surface area (Å²) in [7, 11) is 0. The molecule has 0 heterocycles. The van der Waals surface area contributed by atoms with Gasteiger partial charge in [0, 0.05) is 4.47 Å². The Bertz CT molecular complexity index is 393. The zero-order valence-corrected chi connectivity index (χ0v) is 13.4. The van der Waals surface area contributed by atoms with Crippen molar-refractivity contribution in [1.82, 2.24) is 5.32 Å². The van der Waals surface area contributed by atoms with E-state index >= 15 is 0 Å². The minimum atomic E-state index is -0.142. The molecule has 0 saturated carbocycles. The number of alkyl halides is 1. The third kappa shape index (κ3) is 4.43. The van der Waals surface area contributed by atoms with Crippen LogP contribution >= 0.6 is 31.9 Å². The Balaban J connectivity index is 2.66. The molecule has 1 amide bonds. The van der Waals surface area contributed by atoms with E-state index in [0.717, 1.165) is 10.0 Å². The number of carbonyl (C=O) groups excluding carboxylic acids is 1. The van der Waals surface area contributed by atoms with Crippen LogP contribution in [0.1, 0.15) is 32.4 Å². The molecular formula is C13H17Br2NO. The second kappa shape index (κ2) is 6.55.